The lowest BCUT2D eigenvalue weighted by atomic mass is 10.2. The molecule has 0 atom stereocenters. The van der Waals surface area contributed by atoms with Gasteiger partial charge in [0.2, 0.25) is 0 Å². The number of halogens is 1. The number of allylic oxidation sites excluding steroid dienone is 3. The molecule has 0 aromatic carbocycles. The van der Waals surface area contributed by atoms with E-state index >= 15 is 0 Å². The molecule has 0 rings (SSSR count). The number of rotatable bonds is 4. The molecule has 13 heavy (non-hydrogen) atoms. The first-order chi connectivity index (χ1) is 6.04. The second kappa shape index (κ2) is 5.48. The summed E-state index contributed by atoms with van der Waals surface area (Å²) >= 11 is 3.29. The molecule has 72 valence electrons. The van der Waals surface area contributed by atoms with E-state index in [-0.39, 0.29) is 0 Å². The lowest BCUT2D eigenvalue weighted by Gasteiger charge is -2.10. The summed E-state index contributed by atoms with van der Waals surface area (Å²) in [6, 6.07) is 0. The van der Waals surface area contributed by atoms with E-state index in [9.17, 15) is 0 Å². The maximum Gasteiger partial charge on any atom is 0.0775 e. The summed E-state index contributed by atoms with van der Waals surface area (Å²) in [5.41, 5.74) is 13.0. The van der Waals surface area contributed by atoms with Gasteiger partial charge in [0.05, 0.1) is 11.4 Å². The van der Waals surface area contributed by atoms with Crippen LogP contribution in [-0.4, -0.2) is 0 Å². The molecule has 0 saturated heterocycles. The Balaban J connectivity index is 5.15. The Labute approximate surface area is 87.0 Å². The quantitative estimate of drug-likeness (QED) is 0.659. The highest BCUT2D eigenvalue weighted by atomic mass is 79.9. The Hall–Kier alpha value is -1.16. The molecule has 0 bridgehead atoms. The highest BCUT2D eigenvalue weighted by Crippen LogP contribution is 2.16. The van der Waals surface area contributed by atoms with E-state index in [1.54, 1.807) is 13.0 Å². The van der Waals surface area contributed by atoms with Crippen LogP contribution in [0.1, 0.15) is 6.92 Å². The van der Waals surface area contributed by atoms with Crippen LogP contribution in [-0.2, 0) is 0 Å². The van der Waals surface area contributed by atoms with Gasteiger partial charge in [0.1, 0.15) is 0 Å². The third-order valence-electron chi connectivity index (χ3n) is 1.36. The Kier molecular flexibility index (Phi) is 4.99. The monoisotopic (exact) mass is 243 g/mol. The fraction of sp³-hybridized carbons (Fsp3) is 0.111. The predicted octanol–water partition coefficient (Wildman–Crippen LogP) is 1.66. The smallest absolute Gasteiger partial charge is 0.0775 e. The zero-order valence-corrected chi connectivity index (χ0v) is 9.19. The summed E-state index contributed by atoms with van der Waals surface area (Å²) in [5.74, 6) is 0. The molecule has 0 unspecified atom stereocenters. The van der Waals surface area contributed by atoms with Crippen molar-refractivity contribution < 1.29 is 0 Å². The first kappa shape index (κ1) is 11.8. The molecule has 0 aromatic rings. The molecule has 0 heterocycles. The topological polar surface area (TPSA) is 64.1 Å². The van der Waals surface area contributed by atoms with Gasteiger partial charge in [0, 0.05) is 10.2 Å². The molecule has 0 spiro atoms. The summed E-state index contributed by atoms with van der Waals surface area (Å²) in [6.07, 6.45) is 3.15. The Morgan fingerprint density at radius 3 is 2.23 bits per heavy atom. The zero-order valence-electron chi connectivity index (χ0n) is 7.60. The second-order valence-electron chi connectivity index (χ2n) is 2.37. The van der Waals surface area contributed by atoms with Crippen LogP contribution in [0.25, 0.3) is 0 Å². The molecule has 5 N–H and O–H groups in total. The Morgan fingerprint density at radius 1 is 1.38 bits per heavy atom. The van der Waals surface area contributed by atoms with Crippen molar-refractivity contribution in [2.24, 2.45) is 11.5 Å². The minimum atomic E-state index is 0.478. The maximum atomic E-state index is 5.73. The lowest BCUT2D eigenvalue weighted by molar-refractivity contribution is 1.02. The van der Waals surface area contributed by atoms with Crippen LogP contribution in [0.5, 0.6) is 0 Å². The van der Waals surface area contributed by atoms with E-state index in [4.69, 9.17) is 11.5 Å². The van der Waals surface area contributed by atoms with E-state index < -0.39 is 0 Å². The zero-order chi connectivity index (χ0) is 10.4. The molecule has 3 nitrogen and oxygen atoms in total. The van der Waals surface area contributed by atoms with Crippen molar-refractivity contribution in [2.75, 3.05) is 0 Å². The van der Waals surface area contributed by atoms with Crippen molar-refractivity contribution in [1.82, 2.24) is 5.32 Å². The predicted molar refractivity (Wildman–Crippen MR) is 60.6 cm³/mol. The molecular formula is C9H14BrN3. The van der Waals surface area contributed by atoms with Gasteiger partial charge in [-0.25, -0.2) is 0 Å². The van der Waals surface area contributed by atoms with Crippen LogP contribution in [0.4, 0.5) is 0 Å². The minimum Gasteiger partial charge on any atom is -0.401 e. The van der Waals surface area contributed by atoms with Crippen LogP contribution < -0.4 is 16.8 Å². The molecule has 0 aliphatic rings. The normalized spacial score (nSPS) is 14.0. The fourth-order valence-corrected chi connectivity index (χ4v) is 1.00. The first-order valence-corrected chi connectivity index (χ1v) is 4.45. The fourth-order valence-electron chi connectivity index (χ4n) is 0.677. The molecule has 4 heteroatoms. The van der Waals surface area contributed by atoms with E-state index in [0.29, 0.717) is 17.1 Å². The third-order valence-corrected chi connectivity index (χ3v) is 2.08. The summed E-state index contributed by atoms with van der Waals surface area (Å²) in [7, 11) is 0. The van der Waals surface area contributed by atoms with Gasteiger partial charge >= 0.3 is 0 Å². The highest BCUT2D eigenvalue weighted by Gasteiger charge is 2.04. The van der Waals surface area contributed by atoms with Gasteiger partial charge < -0.3 is 16.8 Å². The Bertz CT molecular complexity index is 273. The van der Waals surface area contributed by atoms with E-state index in [2.05, 4.69) is 34.4 Å². The summed E-state index contributed by atoms with van der Waals surface area (Å²) in [5, 5.41) is 2.88. The summed E-state index contributed by atoms with van der Waals surface area (Å²) in [4.78, 5) is 0. The van der Waals surface area contributed by atoms with E-state index in [1.807, 2.05) is 0 Å². The van der Waals surface area contributed by atoms with Crippen molar-refractivity contribution in [2.45, 2.75) is 6.92 Å². The number of hydrogen-bond acceptors (Lipinski definition) is 3. The molecule has 0 aromatic heterocycles. The van der Waals surface area contributed by atoms with Crippen molar-refractivity contribution in [3.63, 3.8) is 0 Å². The largest absolute Gasteiger partial charge is 0.401 e. The Morgan fingerprint density at radius 2 is 1.92 bits per heavy atom. The molecular weight excluding hydrogens is 230 g/mol. The van der Waals surface area contributed by atoms with Crippen molar-refractivity contribution in [3.05, 3.63) is 47.0 Å². The molecule has 0 radical (unpaired) electrons. The molecule has 0 saturated carbocycles. The molecule has 0 amide bonds. The number of hydrogen-bond donors (Lipinski definition) is 3. The minimum absolute atomic E-state index is 0.478. The number of nitrogens with two attached hydrogens (primary N) is 2. The van der Waals surface area contributed by atoms with Gasteiger partial charge in [-0.15, -0.1) is 0 Å². The van der Waals surface area contributed by atoms with Crippen molar-refractivity contribution in [3.8, 4) is 0 Å². The third kappa shape index (κ3) is 3.38. The SMILES string of the molecule is C=CNC(=C(\Br)C=C)/C(N)=C(/C)N. The van der Waals surface area contributed by atoms with Gasteiger partial charge in [0.25, 0.3) is 0 Å². The maximum absolute atomic E-state index is 5.73. The summed E-state index contributed by atoms with van der Waals surface area (Å²) < 4.78 is 0.745. The second-order valence-corrected chi connectivity index (χ2v) is 3.23. The number of nitrogens with one attached hydrogen (secondary N) is 1. The van der Waals surface area contributed by atoms with Crippen molar-refractivity contribution >= 4 is 15.9 Å². The van der Waals surface area contributed by atoms with Crippen LogP contribution in [0.3, 0.4) is 0 Å². The standard InChI is InChI=1S/C9H14BrN3/c1-4-7(10)9(13-5-2)8(12)6(3)11/h4-5,13H,1-2,11-12H2,3H3/b8-6+,9-7-. The average Bonchev–Trinajstić information content (AvgIpc) is 2.11. The van der Waals surface area contributed by atoms with Crippen LogP contribution >= 0.6 is 15.9 Å². The van der Waals surface area contributed by atoms with Gasteiger partial charge in [0.15, 0.2) is 0 Å². The van der Waals surface area contributed by atoms with E-state index in [0.717, 1.165) is 4.48 Å². The van der Waals surface area contributed by atoms with Gasteiger partial charge in [-0.3, -0.25) is 0 Å². The van der Waals surface area contributed by atoms with Crippen LogP contribution in [0, 0.1) is 0 Å². The van der Waals surface area contributed by atoms with Gasteiger partial charge in [-0.2, -0.15) is 0 Å². The molecule has 0 fully saturated rings. The van der Waals surface area contributed by atoms with Gasteiger partial charge in [-0.1, -0.05) is 19.2 Å². The van der Waals surface area contributed by atoms with Gasteiger partial charge in [-0.05, 0) is 29.1 Å². The molecule has 0 aliphatic carbocycles. The molecule has 0 aliphatic heterocycles. The summed E-state index contributed by atoms with van der Waals surface area (Å²) in [6.45, 7) is 8.87. The van der Waals surface area contributed by atoms with E-state index in [1.165, 1.54) is 6.20 Å². The average molecular weight is 244 g/mol. The van der Waals surface area contributed by atoms with Crippen LogP contribution in [0.15, 0.2) is 47.0 Å². The van der Waals surface area contributed by atoms with Crippen molar-refractivity contribution in [1.29, 1.82) is 0 Å². The highest BCUT2D eigenvalue weighted by molar-refractivity contribution is 9.11. The van der Waals surface area contributed by atoms with Crippen LogP contribution in [0.2, 0.25) is 0 Å². The lowest BCUT2D eigenvalue weighted by Crippen LogP contribution is -2.18. The first-order valence-electron chi connectivity index (χ1n) is 3.66.